The van der Waals surface area contributed by atoms with Gasteiger partial charge in [0, 0.05) is 24.2 Å². The lowest BCUT2D eigenvalue weighted by molar-refractivity contribution is 0.485. The first-order valence-corrected chi connectivity index (χ1v) is 4.31. The minimum absolute atomic E-state index is 0.261. The molecule has 1 heterocycles. The van der Waals surface area contributed by atoms with Gasteiger partial charge in [0.15, 0.2) is 6.19 Å². The Morgan fingerprint density at radius 1 is 1.92 bits per heavy atom. The number of nitrogens with one attached hydrogen (secondary N) is 2. The molecule has 66 valence electrons. The van der Waals surface area contributed by atoms with E-state index in [1.165, 1.54) is 0 Å². The standard InChI is InChI=1S/C9H15N3/c1-7(12-6-10)5-9-3-4-11-8(9)2/h7,9,11-12H,2-5H2,1H3/t7-,9+/m1/s1. The summed E-state index contributed by atoms with van der Waals surface area (Å²) in [7, 11) is 0. The Labute approximate surface area is 73.5 Å². The molecule has 1 fully saturated rings. The number of allylic oxidation sites excluding steroid dienone is 1. The largest absolute Gasteiger partial charge is 0.389 e. The van der Waals surface area contributed by atoms with Gasteiger partial charge in [-0.25, -0.2) is 0 Å². The molecule has 0 radical (unpaired) electrons. The fourth-order valence-corrected chi connectivity index (χ4v) is 1.58. The van der Waals surface area contributed by atoms with Crippen LogP contribution in [0, 0.1) is 17.4 Å². The summed E-state index contributed by atoms with van der Waals surface area (Å²) < 4.78 is 0. The molecule has 0 saturated carbocycles. The molecule has 3 heteroatoms. The molecule has 0 aromatic rings. The molecule has 12 heavy (non-hydrogen) atoms. The third kappa shape index (κ3) is 2.16. The number of nitrogens with zero attached hydrogens (tertiary/aromatic N) is 1. The first-order valence-electron chi connectivity index (χ1n) is 4.31. The Balaban J connectivity index is 2.31. The number of nitriles is 1. The summed E-state index contributed by atoms with van der Waals surface area (Å²) in [6.45, 7) is 6.98. The molecular weight excluding hydrogens is 150 g/mol. The molecule has 0 aliphatic carbocycles. The summed E-state index contributed by atoms with van der Waals surface area (Å²) in [6, 6.07) is 0.261. The van der Waals surface area contributed by atoms with Crippen LogP contribution in [0.2, 0.25) is 0 Å². The maximum Gasteiger partial charge on any atom is 0.176 e. The van der Waals surface area contributed by atoms with Crippen molar-refractivity contribution in [1.82, 2.24) is 10.6 Å². The van der Waals surface area contributed by atoms with Crippen LogP contribution >= 0.6 is 0 Å². The minimum atomic E-state index is 0.261. The van der Waals surface area contributed by atoms with E-state index in [1.807, 2.05) is 13.1 Å². The van der Waals surface area contributed by atoms with Crippen LogP contribution in [-0.4, -0.2) is 12.6 Å². The van der Waals surface area contributed by atoms with Crippen molar-refractivity contribution in [2.24, 2.45) is 5.92 Å². The van der Waals surface area contributed by atoms with Gasteiger partial charge in [-0.1, -0.05) is 6.58 Å². The van der Waals surface area contributed by atoms with E-state index in [2.05, 4.69) is 17.2 Å². The first-order chi connectivity index (χ1) is 5.74. The predicted octanol–water partition coefficient (Wildman–Crippen LogP) is 0.959. The van der Waals surface area contributed by atoms with Gasteiger partial charge in [-0.2, -0.15) is 5.26 Å². The van der Waals surface area contributed by atoms with Gasteiger partial charge in [0.2, 0.25) is 0 Å². The van der Waals surface area contributed by atoms with Crippen molar-refractivity contribution in [3.8, 4) is 6.19 Å². The predicted molar refractivity (Wildman–Crippen MR) is 48.1 cm³/mol. The summed E-state index contributed by atoms with van der Waals surface area (Å²) in [5.41, 5.74) is 1.13. The highest BCUT2D eigenvalue weighted by molar-refractivity contribution is 5.04. The monoisotopic (exact) mass is 165 g/mol. The summed E-state index contributed by atoms with van der Waals surface area (Å²) in [6.07, 6.45) is 4.10. The average Bonchev–Trinajstić information content (AvgIpc) is 2.37. The Hall–Kier alpha value is -1.17. The summed E-state index contributed by atoms with van der Waals surface area (Å²) in [5, 5.41) is 14.3. The molecule has 0 bridgehead atoms. The zero-order valence-corrected chi connectivity index (χ0v) is 7.43. The fourth-order valence-electron chi connectivity index (χ4n) is 1.58. The quantitative estimate of drug-likeness (QED) is 0.483. The molecule has 1 aliphatic rings. The second kappa shape index (κ2) is 4.01. The van der Waals surface area contributed by atoms with Crippen molar-refractivity contribution >= 4 is 0 Å². The molecule has 0 aromatic carbocycles. The SMILES string of the molecule is C=C1NCC[C@H]1C[C@@H](C)NC#N. The highest BCUT2D eigenvalue weighted by atomic mass is 14.9. The molecule has 1 rings (SSSR count). The van der Waals surface area contributed by atoms with E-state index in [0.717, 1.165) is 25.1 Å². The molecule has 2 N–H and O–H groups in total. The lowest BCUT2D eigenvalue weighted by Gasteiger charge is -2.14. The van der Waals surface area contributed by atoms with Crippen molar-refractivity contribution in [3.63, 3.8) is 0 Å². The van der Waals surface area contributed by atoms with Crippen molar-refractivity contribution < 1.29 is 0 Å². The molecular formula is C9H15N3. The van der Waals surface area contributed by atoms with Gasteiger partial charge < -0.3 is 10.6 Å². The van der Waals surface area contributed by atoms with E-state index in [0.29, 0.717) is 5.92 Å². The van der Waals surface area contributed by atoms with Crippen LogP contribution in [0.3, 0.4) is 0 Å². The zero-order valence-electron chi connectivity index (χ0n) is 7.43. The van der Waals surface area contributed by atoms with Crippen LogP contribution in [0.25, 0.3) is 0 Å². The van der Waals surface area contributed by atoms with Crippen molar-refractivity contribution in [2.75, 3.05) is 6.54 Å². The van der Waals surface area contributed by atoms with E-state index < -0.39 is 0 Å². The highest BCUT2D eigenvalue weighted by Crippen LogP contribution is 2.22. The Kier molecular flexibility index (Phi) is 2.98. The fraction of sp³-hybridized carbons (Fsp3) is 0.667. The highest BCUT2D eigenvalue weighted by Gasteiger charge is 2.20. The number of hydrogen-bond acceptors (Lipinski definition) is 3. The average molecular weight is 165 g/mol. The maximum atomic E-state index is 8.38. The Bertz CT molecular complexity index is 204. The van der Waals surface area contributed by atoms with E-state index >= 15 is 0 Å². The summed E-state index contributed by atoms with van der Waals surface area (Å²) in [5.74, 6) is 0.542. The zero-order chi connectivity index (χ0) is 8.97. The lowest BCUT2D eigenvalue weighted by Crippen LogP contribution is -2.24. The molecule has 0 amide bonds. The molecule has 0 aromatic heterocycles. The third-order valence-corrected chi connectivity index (χ3v) is 2.29. The van der Waals surface area contributed by atoms with E-state index in [-0.39, 0.29) is 6.04 Å². The number of rotatable bonds is 3. The van der Waals surface area contributed by atoms with Crippen LogP contribution < -0.4 is 10.6 Å². The van der Waals surface area contributed by atoms with E-state index in [4.69, 9.17) is 5.26 Å². The van der Waals surface area contributed by atoms with E-state index in [9.17, 15) is 0 Å². The van der Waals surface area contributed by atoms with Crippen LogP contribution in [-0.2, 0) is 0 Å². The first kappa shape index (κ1) is 8.92. The van der Waals surface area contributed by atoms with Crippen LogP contribution in [0.4, 0.5) is 0 Å². The second-order valence-electron chi connectivity index (χ2n) is 3.33. The second-order valence-corrected chi connectivity index (χ2v) is 3.33. The van der Waals surface area contributed by atoms with Gasteiger partial charge in [0.05, 0.1) is 0 Å². The van der Waals surface area contributed by atoms with Crippen LogP contribution in [0.15, 0.2) is 12.3 Å². The molecule has 1 saturated heterocycles. The molecule has 0 spiro atoms. The summed E-state index contributed by atoms with van der Waals surface area (Å²) >= 11 is 0. The Morgan fingerprint density at radius 3 is 3.17 bits per heavy atom. The lowest BCUT2D eigenvalue weighted by atomic mass is 9.98. The number of hydrogen-bond donors (Lipinski definition) is 2. The van der Waals surface area contributed by atoms with Gasteiger partial charge in [-0.05, 0) is 19.8 Å². The van der Waals surface area contributed by atoms with Crippen molar-refractivity contribution in [2.45, 2.75) is 25.8 Å². The van der Waals surface area contributed by atoms with Gasteiger partial charge >= 0.3 is 0 Å². The van der Waals surface area contributed by atoms with Gasteiger partial charge in [0.1, 0.15) is 0 Å². The normalized spacial score (nSPS) is 24.3. The van der Waals surface area contributed by atoms with Crippen molar-refractivity contribution in [1.29, 1.82) is 5.26 Å². The van der Waals surface area contributed by atoms with Gasteiger partial charge in [0.25, 0.3) is 0 Å². The van der Waals surface area contributed by atoms with Crippen molar-refractivity contribution in [3.05, 3.63) is 12.3 Å². The van der Waals surface area contributed by atoms with Gasteiger partial charge in [-0.15, -0.1) is 0 Å². The molecule has 1 aliphatic heterocycles. The minimum Gasteiger partial charge on any atom is -0.389 e. The molecule has 0 unspecified atom stereocenters. The maximum absolute atomic E-state index is 8.38. The van der Waals surface area contributed by atoms with Crippen LogP contribution in [0.5, 0.6) is 0 Å². The Morgan fingerprint density at radius 2 is 2.67 bits per heavy atom. The van der Waals surface area contributed by atoms with Gasteiger partial charge in [-0.3, -0.25) is 0 Å². The molecule has 3 nitrogen and oxygen atoms in total. The summed E-state index contributed by atoms with van der Waals surface area (Å²) in [4.78, 5) is 0. The van der Waals surface area contributed by atoms with Crippen LogP contribution in [0.1, 0.15) is 19.8 Å². The molecule has 2 atom stereocenters. The van der Waals surface area contributed by atoms with E-state index in [1.54, 1.807) is 0 Å². The topological polar surface area (TPSA) is 47.8 Å². The third-order valence-electron chi connectivity index (χ3n) is 2.29. The smallest absolute Gasteiger partial charge is 0.176 e.